The van der Waals surface area contributed by atoms with Gasteiger partial charge < -0.3 is 19.5 Å². The van der Waals surface area contributed by atoms with E-state index < -0.39 is 6.10 Å². The molecule has 2 aromatic carbocycles. The smallest absolute Gasteiger partial charge is 0.255 e. The van der Waals surface area contributed by atoms with E-state index in [-0.39, 0.29) is 12.5 Å². The molecule has 0 fully saturated rings. The lowest BCUT2D eigenvalue weighted by molar-refractivity contribution is 0.0856. The largest absolute Gasteiger partial charge is 0.490 e. The SMILES string of the molecule is CCCCCCCC=CCOc1ccc(C(=O)Nc2cccc3c2OC(c2nn[nH]n2)CO3)cc1. The lowest BCUT2D eigenvalue weighted by Gasteiger charge is -2.26. The quantitative estimate of drug-likeness (QED) is 0.270. The van der Waals surface area contributed by atoms with Crippen molar-refractivity contribution in [3.63, 3.8) is 0 Å². The summed E-state index contributed by atoms with van der Waals surface area (Å²) in [5.41, 5.74) is 1.00. The van der Waals surface area contributed by atoms with E-state index in [4.69, 9.17) is 14.2 Å². The summed E-state index contributed by atoms with van der Waals surface area (Å²) < 4.78 is 17.5. The normalized spacial score (nSPS) is 14.7. The van der Waals surface area contributed by atoms with Crippen LogP contribution in [0.15, 0.2) is 54.6 Å². The van der Waals surface area contributed by atoms with Gasteiger partial charge in [0.15, 0.2) is 17.6 Å². The Kier molecular flexibility index (Phi) is 8.69. The molecule has 0 aliphatic carbocycles. The molecule has 3 aromatic rings. The molecule has 9 heteroatoms. The van der Waals surface area contributed by atoms with Crippen LogP contribution in [0.25, 0.3) is 0 Å². The first-order valence-corrected chi connectivity index (χ1v) is 12.1. The van der Waals surface area contributed by atoms with Crippen molar-refractivity contribution in [2.45, 2.75) is 51.6 Å². The maximum atomic E-state index is 12.8. The molecule has 35 heavy (non-hydrogen) atoms. The first-order valence-electron chi connectivity index (χ1n) is 12.1. The number of carbonyl (C=O) groups is 1. The standard InChI is InChI=1S/C26H31N5O4/c1-2-3-4-5-6-7-8-9-17-33-20-15-13-19(14-16-20)26(32)27-21-11-10-12-22-24(21)35-23(18-34-22)25-28-30-31-29-25/h8-16,23H,2-7,17-18H2,1H3,(H,27,32)(H,28,29,30,31). The summed E-state index contributed by atoms with van der Waals surface area (Å²) in [7, 11) is 0. The fourth-order valence-corrected chi connectivity index (χ4v) is 3.72. The van der Waals surface area contributed by atoms with Crippen LogP contribution in [-0.4, -0.2) is 39.7 Å². The second-order valence-electron chi connectivity index (χ2n) is 8.28. The number of unbranched alkanes of at least 4 members (excludes halogenated alkanes) is 5. The number of fused-ring (bicyclic) bond motifs is 1. The number of hydrogen-bond acceptors (Lipinski definition) is 7. The number of para-hydroxylation sites is 1. The van der Waals surface area contributed by atoms with Crippen molar-refractivity contribution in [1.29, 1.82) is 0 Å². The van der Waals surface area contributed by atoms with Gasteiger partial charge in [-0.1, -0.05) is 56.0 Å². The van der Waals surface area contributed by atoms with E-state index in [1.807, 2.05) is 6.08 Å². The minimum atomic E-state index is -0.522. The monoisotopic (exact) mass is 477 g/mol. The van der Waals surface area contributed by atoms with E-state index in [2.05, 4.69) is 38.9 Å². The average Bonchev–Trinajstić information content (AvgIpc) is 3.43. The van der Waals surface area contributed by atoms with Crippen LogP contribution in [-0.2, 0) is 0 Å². The number of ether oxygens (including phenoxy) is 3. The van der Waals surface area contributed by atoms with Crippen molar-refractivity contribution in [3.05, 3.63) is 66.0 Å². The first-order chi connectivity index (χ1) is 17.2. The van der Waals surface area contributed by atoms with Crippen LogP contribution in [0.1, 0.15) is 67.7 Å². The Balaban J connectivity index is 1.28. The number of aromatic amines is 1. The zero-order valence-electron chi connectivity index (χ0n) is 19.9. The van der Waals surface area contributed by atoms with E-state index in [1.165, 1.54) is 32.1 Å². The highest BCUT2D eigenvalue weighted by Gasteiger charge is 2.28. The Morgan fingerprint density at radius 2 is 2.00 bits per heavy atom. The van der Waals surface area contributed by atoms with Gasteiger partial charge in [-0.3, -0.25) is 4.79 Å². The van der Waals surface area contributed by atoms with Gasteiger partial charge in [-0.15, -0.1) is 10.2 Å². The molecular formula is C26H31N5O4. The van der Waals surface area contributed by atoms with Crippen LogP contribution in [0.2, 0.25) is 0 Å². The molecule has 0 bridgehead atoms. The van der Waals surface area contributed by atoms with Crippen molar-refractivity contribution in [1.82, 2.24) is 20.6 Å². The number of nitrogens with zero attached hydrogens (tertiary/aromatic N) is 3. The van der Waals surface area contributed by atoms with Crippen LogP contribution in [0.4, 0.5) is 5.69 Å². The second kappa shape index (κ2) is 12.5. The Hall–Kier alpha value is -3.88. The van der Waals surface area contributed by atoms with Gasteiger partial charge >= 0.3 is 0 Å². The third-order valence-corrected chi connectivity index (χ3v) is 5.63. The van der Waals surface area contributed by atoms with Gasteiger partial charge in [0, 0.05) is 5.56 Å². The summed E-state index contributed by atoms with van der Waals surface area (Å²) in [5, 5.41) is 16.8. The highest BCUT2D eigenvalue weighted by Crippen LogP contribution is 2.41. The first kappa shape index (κ1) is 24.3. The highest BCUT2D eigenvalue weighted by molar-refractivity contribution is 6.05. The minimum Gasteiger partial charge on any atom is -0.490 e. The molecule has 2 heterocycles. The Morgan fingerprint density at radius 1 is 1.14 bits per heavy atom. The number of benzene rings is 2. The molecule has 1 atom stereocenters. The minimum absolute atomic E-state index is 0.250. The third-order valence-electron chi connectivity index (χ3n) is 5.63. The molecule has 1 aliphatic rings. The predicted molar refractivity (Wildman–Crippen MR) is 132 cm³/mol. The van der Waals surface area contributed by atoms with Crippen LogP contribution in [0.5, 0.6) is 17.2 Å². The molecule has 1 aliphatic heterocycles. The van der Waals surface area contributed by atoms with Gasteiger partial charge in [-0.2, -0.15) is 5.21 Å². The number of tetrazole rings is 1. The summed E-state index contributed by atoms with van der Waals surface area (Å²) >= 11 is 0. The molecule has 0 spiro atoms. The van der Waals surface area contributed by atoms with E-state index in [1.54, 1.807) is 42.5 Å². The van der Waals surface area contributed by atoms with Gasteiger partial charge in [-0.25, -0.2) is 0 Å². The fraction of sp³-hybridized carbons (Fsp3) is 0.385. The molecule has 2 N–H and O–H groups in total. The molecule has 184 valence electrons. The number of rotatable bonds is 12. The molecule has 1 unspecified atom stereocenters. The van der Waals surface area contributed by atoms with Crippen molar-refractivity contribution in [2.24, 2.45) is 0 Å². The zero-order chi connectivity index (χ0) is 24.3. The van der Waals surface area contributed by atoms with Gasteiger partial charge in [-0.05, 0) is 49.2 Å². The molecule has 4 rings (SSSR count). The highest BCUT2D eigenvalue weighted by atomic mass is 16.6. The van der Waals surface area contributed by atoms with Crippen LogP contribution >= 0.6 is 0 Å². The number of carbonyl (C=O) groups excluding carboxylic acids is 1. The Labute approximate surface area is 204 Å². The van der Waals surface area contributed by atoms with Crippen LogP contribution in [0.3, 0.4) is 0 Å². The maximum Gasteiger partial charge on any atom is 0.255 e. The second-order valence-corrected chi connectivity index (χ2v) is 8.28. The number of aromatic nitrogens is 4. The molecule has 9 nitrogen and oxygen atoms in total. The number of amides is 1. The van der Waals surface area contributed by atoms with Gasteiger partial charge in [0.2, 0.25) is 5.82 Å². The molecule has 0 radical (unpaired) electrons. The molecule has 1 aromatic heterocycles. The van der Waals surface area contributed by atoms with E-state index in [0.29, 0.717) is 40.9 Å². The average molecular weight is 478 g/mol. The van der Waals surface area contributed by atoms with Crippen molar-refractivity contribution < 1.29 is 19.0 Å². The Bertz CT molecular complexity index is 1100. The topological polar surface area (TPSA) is 111 Å². The van der Waals surface area contributed by atoms with E-state index in [9.17, 15) is 4.79 Å². The number of hydrogen-bond donors (Lipinski definition) is 2. The number of anilines is 1. The van der Waals surface area contributed by atoms with E-state index in [0.717, 1.165) is 6.42 Å². The van der Waals surface area contributed by atoms with Crippen molar-refractivity contribution in [2.75, 3.05) is 18.5 Å². The summed E-state index contributed by atoms with van der Waals surface area (Å²) in [5.74, 6) is 1.80. The van der Waals surface area contributed by atoms with E-state index >= 15 is 0 Å². The van der Waals surface area contributed by atoms with Crippen molar-refractivity contribution >= 4 is 11.6 Å². The predicted octanol–water partition coefficient (Wildman–Crippen LogP) is 5.26. The summed E-state index contributed by atoms with van der Waals surface area (Å²) in [6, 6.07) is 12.4. The van der Waals surface area contributed by atoms with Crippen molar-refractivity contribution in [3.8, 4) is 17.2 Å². The van der Waals surface area contributed by atoms with Crippen LogP contribution < -0.4 is 19.5 Å². The fourth-order valence-electron chi connectivity index (χ4n) is 3.72. The lowest BCUT2D eigenvalue weighted by atomic mass is 10.1. The van der Waals surface area contributed by atoms with Crippen LogP contribution in [0, 0.1) is 0 Å². The molecule has 0 saturated carbocycles. The molecule has 0 saturated heterocycles. The Morgan fingerprint density at radius 3 is 2.80 bits per heavy atom. The summed E-state index contributed by atoms with van der Waals surface area (Å²) in [6.07, 6.45) is 11.2. The van der Waals surface area contributed by atoms with Gasteiger partial charge in [0.25, 0.3) is 5.91 Å². The summed E-state index contributed by atoms with van der Waals surface area (Å²) in [4.78, 5) is 12.8. The summed E-state index contributed by atoms with van der Waals surface area (Å²) in [6.45, 7) is 2.99. The molecule has 1 amide bonds. The van der Waals surface area contributed by atoms with Gasteiger partial charge in [0.05, 0.1) is 5.69 Å². The number of H-pyrrole nitrogens is 1. The zero-order valence-corrected chi connectivity index (χ0v) is 19.9. The molecular weight excluding hydrogens is 446 g/mol. The third kappa shape index (κ3) is 6.81. The maximum absolute atomic E-state index is 12.8. The number of nitrogens with one attached hydrogen (secondary N) is 2. The number of allylic oxidation sites excluding steroid dienone is 1. The lowest BCUT2D eigenvalue weighted by Crippen LogP contribution is -2.24. The van der Waals surface area contributed by atoms with Gasteiger partial charge in [0.1, 0.15) is 19.0 Å².